The molecule has 1 aliphatic heterocycles. The van der Waals surface area contributed by atoms with E-state index in [0.29, 0.717) is 16.6 Å². The maximum atomic E-state index is 13.8. The maximum absolute atomic E-state index is 13.8. The minimum atomic E-state index is -0.624. The molecule has 1 fully saturated rings. The lowest BCUT2D eigenvalue weighted by Crippen LogP contribution is -2.65. The molecule has 0 aromatic heterocycles. The second-order valence-electron chi connectivity index (χ2n) is 5.46. The third-order valence-electron chi connectivity index (χ3n) is 3.62. The van der Waals surface area contributed by atoms with Crippen LogP contribution in [-0.2, 0) is 9.59 Å². The van der Waals surface area contributed by atoms with E-state index in [-0.39, 0.29) is 17.7 Å². The highest BCUT2D eigenvalue weighted by molar-refractivity contribution is 9.10. The Morgan fingerprint density at radius 3 is 2.57 bits per heavy atom. The number of carbonyl (C=O) groups is 2. The first-order valence-electron chi connectivity index (χ1n) is 6.95. The SMILES string of the molecule is CCC1NC(=O)C(C(C)C)N(c2ccc(Br)c(F)c2)C1=O. The van der Waals surface area contributed by atoms with Gasteiger partial charge in [0.15, 0.2) is 0 Å². The van der Waals surface area contributed by atoms with Gasteiger partial charge in [-0.05, 0) is 46.5 Å². The summed E-state index contributed by atoms with van der Waals surface area (Å²) >= 11 is 3.09. The summed E-state index contributed by atoms with van der Waals surface area (Å²) in [5.41, 5.74) is 0.410. The maximum Gasteiger partial charge on any atom is 0.250 e. The number of carbonyl (C=O) groups excluding carboxylic acids is 2. The molecule has 1 aliphatic rings. The van der Waals surface area contributed by atoms with Crippen LogP contribution in [0.25, 0.3) is 0 Å². The van der Waals surface area contributed by atoms with Crippen LogP contribution < -0.4 is 10.2 Å². The quantitative estimate of drug-likeness (QED) is 0.905. The van der Waals surface area contributed by atoms with Crippen molar-refractivity contribution in [3.05, 3.63) is 28.5 Å². The smallest absolute Gasteiger partial charge is 0.250 e. The van der Waals surface area contributed by atoms with Crippen LogP contribution in [0.15, 0.2) is 22.7 Å². The Morgan fingerprint density at radius 2 is 2.05 bits per heavy atom. The van der Waals surface area contributed by atoms with Gasteiger partial charge in [-0.15, -0.1) is 0 Å². The third kappa shape index (κ3) is 2.95. The average Bonchev–Trinajstić information content (AvgIpc) is 2.43. The second-order valence-corrected chi connectivity index (χ2v) is 6.32. The van der Waals surface area contributed by atoms with Gasteiger partial charge >= 0.3 is 0 Å². The number of benzene rings is 1. The first kappa shape index (κ1) is 15.9. The number of nitrogens with zero attached hydrogens (tertiary/aromatic N) is 1. The number of anilines is 1. The molecule has 114 valence electrons. The van der Waals surface area contributed by atoms with Crippen LogP contribution in [0.4, 0.5) is 10.1 Å². The largest absolute Gasteiger partial charge is 0.342 e. The topological polar surface area (TPSA) is 49.4 Å². The van der Waals surface area contributed by atoms with Gasteiger partial charge in [0.1, 0.15) is 17.9 Å². The van der Waals surface area contributed by atoms with Crippen LogP contribution in [0.3, 0.4) is 0 Å². The Bertz CT molecular complexity index is 577. The summed E-state index contributed by atoms with van der Waals surface area (Å²) < 4.78 is 14.1. The fraction of sp³-hybridized carbons (Fsp3) is 0.467. The fourth-order valence-electron chi connectivity index (χ4n) is 2.54. The van der Waals surface area contributed by atoms with Gasteiger partial charge in [-0.2, -0.15) is 0 Å². The highest BCUT2D eigenvalue weighted by Gasteiger charge is 2.42. The normalized spacial score (nSPS) is 22.7. The van der Waals surface area contributed by atoms with Crippen LogP contribution in [-0.4, -0.2) is 23.9 Å². The van der Waals surface area contributed by atoms with E-state index in [9.17, 15) is 14.0 Å². The zero-order chi connectivity index (χ0) is 15.7. The summed E-state index contributed by atoms with van der Waals surface area (Å²) in [4.78, 5) is 26.3. The van der Waals surface area contributed by atoms with Crippen molar-refractivity contribution in [2.75, 3.05) is 4.90 Å². The van der Waals surface area contributed by atoms with Gasteiger partial charge < -0.3 is 5.32 Å². The minimum absolute atomic E-state index is 0.0709. The Balaban J connectivity index is 2.49. The van der Waals surface area contributed by atoms with Crippen molar-refractivity contribution in [3.8, 4) is 0 Å². The lowest BCUT2D eigenvalue weighted by molar-refractivity contribution is -0.134. The Kier molecular flexibility index (Phi) is 4.66. The number of piperazine rings is 1. The van der Waals surface area contributed by atoms with Gasteiger partial charge in [0.25, 0.3) is 0 Å². The van der Waals surface area contributed by atoms with Crippen molar-refractivity contribution in [2.24, 2.45) is 5.92 Å². The molecule has 1 aromatic rings. The van der Waals surface area contributed by atoms with E-state index in [4.69, 9.17) is 0 Å². The molecule has 0 aliphatic carbocycles. The van der Waals surface area contributed by atoms with Crippen LogP contribution in [0.2, 0.25) is 0 Å². The van der Waals surface area contributed by atoms with Crippen molar-refractivity contribution in [1.29, 1.82) is 0 Å². The van der Waals surface area contributed by atoms with Gasteiger partial charge in [-0.25, -0.2) is 4.39 Å². The monoisotopic (exact) mass is 356 g/mol. The number of hydrogen-bond donors (Lipinski definition) is 1. The van der Waals surface area contributed by atoms with Crippen molar-refractivity contribution < 1.29 is 14.0 Å². The van der Waals surface area contributed by atoms with Crippen molar-refractivity contribution in [1.82, 2.24) is 5.32 Å². The molecule has 2 amide bonds. The highest BCUT2D eigenvalue weighted by atomic mass is 79.9. The summed E-state index contributed by atoms with van der Waals surface area (Å²) in [6, 6.07) is 3.29. The van der Waals surface area contributed by atoms with Gasteiger partial charge in [-0.1, -0.05) is 20.8 Å². The van der Waals surface area contributed by atoms with Gasteiger partial charge in [0.05, 0.1) is 4.47 Å². The van der Waals surface area contributed by atoms with Crippen LogP contribution in [0.1, 0.15) is 27.2 Å². The molecule has 0 saturated carbocycles. The molecule has 2 atom stereocenters. The minimum Gasteiger partial charge on any atom is -0.342 e. The first-order valence-corrected chi connectivity index (χ1v) is 7.74. The number of rotatable bonds is 3. The van der Waals surface area contributed by atoms with Gasteiger partial charge in [0.2, 0.25) is 11.8 Å². The Morgan fingerprint density at radius 1 is 1.38 bits per heavy atom. The molecular weight excluding hydrogens is 339 g/mol. The first-order chi connectivity index (χ1) is 9.86. The third-order valence-corrected chi connectivity index (χ3v) is 4.26. The summed E-state index contributed by atoms with van der Waals surface area (Å²) in [5.74, 6) is -0.919. The molecule has 4 nitrogen and oxygen atoms in total. The van der Waals surface area contributed by atoms with Crippen molar-refractivity contribution in [3.63, 3.8) is 0 Å². The molecule has 21 heavy (non-hydrogen) atoms. The lowest BCUT2D eigenvalue weighted by atomic mass is 9.95. The molecule has 1 aromatic carbocycles. The molecule has 1 N–H and O–H groups in total. The van der Waals surface area contributed by atoms with E-state index in [1.54, 1.807) is 12.1 Å². The fourth-order valence-corrected chi connectivity index (χ4v) is 2.79. The molecule has 0 bridgehead atoms. The Hall–Kier alpha value is -1.43. The van der Waals surface area contributed by atoms with E-state index in [1.165, 1.54) is 11.0 Å². The molecule has 0 radical (unpaired) electrons. The number of amides is 2. The van der Waals surface area contributed by atoms with Gasteiger partial charge in [-0.3, -0.25) is 14.5 Å². The number of nitrogens with one attached hydrogen (secondary N) is 1. The van der Waals surface area contributed by atoms with E-state index in [1.807, 2.05) is 20.8 Å². The number of halogens is 2. The average molecular weight is 357 g/mol. The van der Waals surface area contributed by atoms with Crippen molar-refractivity contribution in [2.45, 2.75) is 39.3 Å². The summed E-state index contributed by atoms with van der Waals surface area (Å²) in [6.07, 6.45) is 0.505. The number of hydrogen-bond acceptors (Lipinski definition) is 2. The highest BCUT2D eigenvalue weighted by Crippen LogP contribution is 2.29. The zero-order valence-electron chi connectivity index (χ0n) is 12.2. The molecule has 0 spiro atoms. The predicted octanol–water partition coefficient (Wildman–Crippen LogP) is 2.85. The van der Waals surface area contributed by atoms with E-state index in [2.05, 4.69) is 21.2 Å². The lowest BCUT2D eigenvalue weighted by Gasteiger charge is -2.40. The van der Waals surface area contributed by atoms with E-state index < -0.39 is 17.9 Å². The van der Waals surface area contributed by atoms with Gasteiger partial charge in [0, 0.05) is 5.69 Å². The second kappa shape index (κ2) is 6.13. The molecule has 1 heterocycles. The van der Waals surface area contributed by atoms with Crippen LogP contribution in [0.5, 0.6) is 0 Å². The zero-order valence-corrected chi connectivity index (χ0v) is 13.8. The predicted molar refractivity (Wildman–Crippen MR) is 82.4 cm³/mol. The summed E-state index contributed by atoms with van der Waals surface area (Å²) in [7, 11) is 0. The van der Waals surface area contributed by atoms with Crippen LogP contribution >= 0.6 is 15.9 Å². The molecule has 6 heteroatoms. The van der Waals surface area contributed by atoms with Crippen LogP contribution in [0, 0.1) is 11.7 Å². The summed E-state index contributed by atoms with van der Waals surface area (Å²) in [6.45, 7) is 5.57. The summed E-state index contributed by atoms with van der Waals surface area (Å²) in [5, 5.41) is 2.74. The standard InChI is InChI=1S/C15H18BrFN2O2/c1-4-12-15(21)19(13(8(2)3)14(20)18-12)9-5-6-10(16)11(17)7-9/h5-8,12-13H,4H2,1-3H3,(H,18,20). The molecule has 1 saturated heterocycles. The van der Waals surface area contributed by atoms with Crippen molar-refractivity contribution >= 4 is 33.4 Å². The van der Waals surface area contributed by atoms with E-state index >= 15 is 0 Å². The molecule has 2 rings (SSSR count). The molecular formula is C15H18BrFN2O2. The van der Waals surface area contributed by atoms with E-state index in [0.717, 1.165) is 0 Å². The Labute approximate surface area is 131 Å². The molecule has 2 unspecified atom stereocenters.